The van der Waals surface area contributed by atoms with E-state index in [4.69, 9.17) is 0 Å². The van der Waals surface area contributed by atoms with E-state index in [1.54, 1.807) is 7.05 Å². The highest BCUT2D eigenvalue weighted by Crippen LogP contribution is 2.25. The van der Waals surface area contributed by atoms with Gasteiger partial charge in [0.05, 0.1) is 0 Å². The summed E-state index contributed by atoms with van der Waals surface area (Å²) in [5, 5.41) is 3.37. The zero-order valence-electron chi connectivity index (χ0n) is 17.5. The Hall–Kier alpha value is -0.290. The van der Waals surface area contributed by atoms with Crippen LogP contribution in [0.25, 0.3) is 0 Å². The molecule has 1 N–H and O–H groups in total. The molecule has 28 heavy (non-hydrogen) atoms. The lowest BCUT2D eigenvalue weighted by Gasteiger charge is -2.39. The smallest absolute Gasteiger partial charge is 0.356 e. The lowest BCUT2D eigenvalue weighted by Crippen LogP contribution is -2.56. The van der Waals surface area contributed by atoms with Gasteiger partial charge in [0.25, 0.3) is 0 Å². The van der Waals surface area contributed by atoms with E-state index in [1.807, 2.05) is 0 Å². The van der Waals surface area contributed by atoms with Crippen LogP contribution in [0.5, 0.6) is 0 Å². The van der Waals surface area contributed by atoms with Crippen molar-refractivity contribution in [1.29, 1.82) is 0 Å². The van der Waals surface area contributed by atoms with E-state index in [0.717, 1.165) is 37.8 Å². The summed E-state index contributed by atoms with van der Waals surface area (Å²) in [6.45, 7) is 9.99. The minimum absolute atomic E-state index is 0. The average Bonchev–Trinajstić information content (AvgIpc) is 2.65. The van der Waals surface area contributed by atoms with E-state index < -0.39 is 12.2 Å². The number of unbranched alkanes of at least 4 members (excludes halogenated alkanes) is 1. The zero-order valence-corrected chi connectivity index (χ0v) is 19.8. The minimum Gasteiger partial charge on any atom is -0.356 e. The molecule has 0 aliphatic carbocycles. The molecule has 2 aliphatic heterocycles. The van der Waals surface area contributed by atoms with Crippen LogP contribution in [0, 0.1) is 5.92 Å². The maximum atomic E-state index is 12.9. The van der Waals surface area contributed by atoms with Gasteiger partial charge in [0.15, 0.2) is 5.96 Å². The van der Waals surface area contributed by atoms with Gasteiger partial charge < -0.3 is 15.1 Å². The normalized spacial score (nSPS) is 22.1. The number of likely N-dealkylation sites (tertiary alicyclic amines) is 1. The van der Waals surface area contributed by atoms with Crippen LogP contribution in [0.15, 0.2) is 4.99 Å². The SMILES string of the molecule is CN=C(NCCCCN1CCC(C)CC1)N1CCN(C(C)C(F)(F)F)CC1.I. The highest BCUT2D eigenvalue weighted by Gasteiger charge is 2.41. The Labute approximate surface area is 185 Å². The summed E-state index contributed by atoms with van der Waals surface area (Å²) in [5.41, 5.74) is 0. The molecule has 0 amide bonds. The van der Waals surface area contributed by atoms with E-state index in [9.17, 15) is 13.2 Å². The van der Waals surface area contributed by atoms with Crippen molar-refractivity contribution in [3.8, 4) is 0 Å². The molecule has 0 saturated carbocycles. The van der Waals surface area contributed by atoms with Gasteiger partial charge in [-0.2, -0.15) is 13.2 Å². The number of hydrogen-bond donors (Lipinski definition) is 1. The summed E-state index contributed by atoms with van der Waals surface area (Å²) >= 11 is 0. The van der Waals surface area contributed by atoms with Crippen LogP contribution in [-0.2, 0) is 0 Å². The number of piperazine rings is 1. The molecule has 0 radical (unpaired) electrons. The van der Waals surface area contributed by atoms with Crippen molar-refractivity contribution in [3.63, 3.8) is 0 Å². The Kier molecular flexibility index (Phi) is 11.4. The van der Waals surface area contributed by atoms with Crippen LogP contribution in [0.3, 0.4) is 0 Å². The van der Waals surface area contributed by atoms with E-state index >= 15 is 0 Å². The zero-order chi connectivity index (χ0) is 19.9. The number of aliphatic imine (C=N–C) groups is 1. The van der Waals surface area contributed by atoms with Gasteiger partial charge in [-0.25, -0.2) is 0 Å². The van der Waals surface area contributed by atoms with Gasteiger partial charge in [0.2, 0.25) is 0 Å². The molecule has 2 heterocycles. The van der Waals surface area contributed by atoms with Crippen LogP contribution in [-0.4, -0.2) is 92.3 Å². The third-order valence-electron chi connectivity index (χ3n) is 5.91. The van der Waals surface area contributed by atoms with Crippen molar-refractivity contribution < 1.29 is 13.2 Å². The molecular formula is C19H37F3IN5. The standard InChI is InChI=1S/C19H36F3N5.HI/c1-16-6-10-25(11-7-16)9-5-4-8-24-18(23-3)27-14-12-26(13-15-27)17(2)19(20,21)22;/h16-17H,4-15H2,1-3H3,(H,23,24);1H. The Morgan fingerprint density at radius 3 is 2.21 bits per heavy atom. The lowest BCUT2D eigenvalue weighted by molar-refractivity contribution is -0.181. The van der Waals surface area contributed by atoms with Gasteiger partial charge in [-0.15, -0.1) is 24.0 Å². The first-order chi connectivity index (χ1) is 12.8. The van der Waals surface area contributed by atoms with Crippen LogP contribution in [0.2, 0.25) is 0 Å². The van der Waals surface area contributed by atoms with Gasteiger partial charge >= 0.3 is 6.18 Å². The van der Waals surface area contributed by atoms with Crippen LogP contribution >= 0.6 is 24.0 Å². The first-order valence-corrected chi connectivity index (χ1v) is 10.3. The van der Waals surface area contributed by atoms with E-state index in [2.05, 4.69) is 27.0 Å². The molecule has 2 aliphatic rings. The van der Waals surface area contributed by atoms with Crippen molar-refractivity contribution in [3.05, 3.63) is 0 Å². The molecule has 9 heteroatoms. The molecule has 2 fully saturated rings. The number of hydrogen-bond acceptors (Lipinski definition) is 3. The summed E-state index contributed by atoms with van der Waals surface area (Å²) < 4.78 is 38.6. The highest BCUT2D eigenvalue weighted by atomic mass is 127. The maximum Gasteiger partial charge on any atom is 0.403 e. The number of nitrogens with one attached hydrogen (secondary N) is 1. The second-order valence-corrected chi connectivity index (χ2v) is 7.95. The second kappa shape index (κ2) is 12.4. The van der Waals surface area contributed by atoms with Crippen LogP contribution in [0.1, 0.15) is 39.5 Å². The fourth-order valence-electron chi connectivity index (χ4n) is 3.81. The predicted molar refractivity (Wildman–Crippen MR) is 120 cm³/mol. The Balaban J connectivity index is 0.00000392. The first kappa shape index (κ1) is 25.7. The van der Waals surface area contributed by atoms with Crippen molar-refractivity contribution in [2.24, 2.45) is 10.9 Å². The number of piperidine rings is 1. The fourth-order valence-corrected chi connectivity index (χ4v) is 3.81. The molecule has 166 valence electrons. The Morgan fingerprint density at radius 1 is 1.07 bits per heavy atom. The second-order valence-electron chi connectivity index (χ2n) is 7.95. The summed E-state index contributed by atoms with van der Waals surface area (Å²) in [5.74, 6) is 1.67. The van der Waals surface area contributed by atoms with Gasteiger partial charge in [-0.05, 0) is 58.2 Å². The minimum atomic E-state index is -4.16. The topological polar surface area (TPSA) is 34.1 Å². The number of halogens is 4. The van der Waals surface area contributed by atoms with Crippen molar-refractivity contribution >= 4 is 29.9 Å². The van der Waals surface area contributed by atoms with Gasteiger partial charge in [-0.3, -0.25) is 9.89 Å². The number of nitrogens with zero attached hydrogens (tertiary/aromatic N) is 4. The summed E-state index contributed by atoms with van der Waals surface area (Å²) in [7, 11) is 1.74. The fraction of sp³-hybridized carbons (Fsp3) is 0.947. The first-order valence-electron chi connectivity index (χ1n) is 10.3. The molecule has 0 aromatic heterocycles. The lowest BCUT2D eigenvalue weighted by atomic mass is 9.99. The van der Waals surface area contributed by atoms with Gasteiger partial charge in [0.1, 0.15) is 6.04 Å². The third kappa shape index (κ3) is 8.22. The molecular weight excluding hydrogens is 482 g/mol. The van der Waals surface area contributed by atoms with Crippen LogP contribution in [0.4, 0.5) is 13.2 Å². The molecule has 2 rings (SSSR count). The molecule has 0 aromatic rings. The average molecular weight is 519 g/mol. The van der Waals surface area contributed by atoms with Crippen molar-refractivity contribution in [2.75, 3.05) is 59.4 Å². The number of guanidine groups is 1. The Bertz CT molecular complexity index is 459. The summed E-state index contributed by atoms with van der Waals surface area (Å²) in [6.07, 6.45) is 0.702. The van der Waals surface area contributed by atoms with Crippen molar-refractivity contribution in [1.82, 2.24) is 20.0 Å². The third-order valence-corrected chi connectivity index (χ3v) is 5.91. The number of rotatable bonds is 6. The van der Waals surface area contributed by atoms with Gasteiger partial charge in [0, 0.05) is 39.8 Å². The summed E-state index contributed by atoms with van der Waals surface area (Å²) in [4.78, 5) is 10.4. The number of alkyl halides is 3. The highest BCUT2D eigenvalue weighted by molar-refractivity contribution is 14.0. The maximum absolute atomic E-state index is 12.9. The van der Waals surface area contributed by atoms with E-state index in [0.29, 0.717) is 26.2 Å². The molecule has 0 spiro atoms. The molecule has 0 bridgehead atoms. The summed E-state index contributed by atoms with van der Waals surface area (Å²) in [6, 6.07) is -1.38. The molecule has 1 unspecified atom stereocenters. The molecule has 0 aromatic carbocycles. The molecule has 5 nitrogen and oxygen atoms in total. The predicted octanol–water partition coefficient (Wildman–Crippen LogP) is 3.26. The monoisotopic (exact) mass is 519 g/mol. The quantitative estimate of drug-likeness (QED) is 0.253. The van der Waals surface area contributed by atoms with E-state index in [1.165, 1.54) is 37.8 Å². The molecule has 2 saturated heterocycles. The van der Waals surface area contributed by atoms with Crippen LogP contribution < -0.4 is 5.32 Å². The van der Waals surface area contributed by atoms with E-state index in [-0.39, 0.29) is 24.0 Å². The Morgan fingerprint density at radius 2 is 1.68 bits per heavy atom. The molecule has 1 atom stereocenters. The van der Waals surface area contributed by atoms with Gasteiger partial charge in [-0.1, -0.05) is 6.92 Å². The largest absolute Gasteiger partial charge is 0.403 e. The van der Waals surface area contributed by atoms with Crippen molar-refractivity contribution in [2.45, 2.75) is 51.7 Å².